The van der Waals surface area contributed by atoms with E-state index in [2.05, 4.69) is 10.3 Å². The summed E-state index contributed by atoms with van der Waals surface area (Å²) in [5.41, 5.74) is 0.0307. The number of rotatable bonds is 3. The van der Waals surface area contributed by atoms with Crippen molar-refractivity contribution >= 4 is 24.1 Å². The number of hydrogen-bond donors (Lipinski definition) is 1. The Morgan fingerprint density at radius 1 is 1.29 bits per heavy atom. The van der Waals surface area contributed by atoms with Crippen LogP contribution in [0.1, 0.15) is 33.3 Å². The van der Waals surface area contributed by atoms with Gasteiger partial charge in [0, 0.05) is 24.3 Å². The summed E-state index contributed by atoms with van der Waals surface area (Å²) in [7, 11) is 0.940. The summed E-state index contributed by atoms with van der Waals surface area (Å²) >= 11 is 0. The van der Waals surface area contributed by atoms with Gasteiger partial charge in [0.05, 0.1) is 16.1 Å². The zero-order chi connectivity index (χ0) is 16.0. The van der Waals surface area contributed by atoms with Crippen molar-refractivity contribution in [2.75, 3.05) is 12.4 Å². The fourth-order valence-electron chi connectivity index (χ4n) is 2.22. The van der Waals surface area contributed by atoms with Gasteiger partial charge in [-0.05, 0) is 34.6 Å². The molecule has 0 spiro atoms. The van der Waals surface area contributed by atoms with E-state index in [0.717, 1.165) is 0 Å². The van der Waals surface area contributed by atoms with Crippen LogP contribution in [0.25, 0.3) is 0 Å². The van der Waals surface area contributed by atoms with Crippen molar-refractivity contribution in [3.63, 3.8) is 0 Å². The van der Waals surface area contributed by atoms with E-state index in [9.17, 15) is 10.1 Å². The van der Waals surface area contributed by atoms with Crippen LogP contribution in [-0.2, 0) is 9.31 Å². The normalized spacial score (nSPS) is 19.6. The van der Waals surface area contributed by atoms with E-state index >= 15 is 0 Å². The molecule has 1 aromatic heterocycles. The van der Waals surface area contributed by atoms with Gasteiger partial charge in [-0.2, -0.15) is 0 Å². The second-order valence-electron chi connectivity index (χ2n) is 6.13. The minimum Gasteiger partial charge on any atom is -0.399 e. The predicted molar refractivity (Wildman–Crippen MR) is 80.9 cm³/mol. The highest BCUT2D eigenvalue weighted by Gasteiger charge is 2.52. The van der Waals surface area contributed by atoms with Gasteiger partial charge < -0.3 is 14.6 Å². The van der Waals surface area contributed by atoms with Crippen molar-refractivity contribution < 1.29 is 14.2 Å². The van der Waals surface area contributed by atoms with Gasteiger partial charge in [0.2, 0.25) is 5.82 Å². The molecule has 8 heteroatoms. The van der Waals surface area contributed by atoms with Crippen LogP contribution in [0.15, 0.2) is 6.20 Å². The van der Waals surface area contributed by atoms with Crippen LogP contribution in [0.2, 0.25) is 0 Å². The molecule has 1 aliphatic heterocycles. The summed E-state index contributed by atoms with van der Waals surface area (Å²) in [4.78, 5) is 14.9. The maximum absolute atomic E-state index is 11.3. The van der Waals surface area contributed by atoms with E-state index in [0.29, 0.717) is 11.0 Å². The van der Waals surface area contributed by atoms with Crippen molar-refractivity contribution in [3.8, 4) is 0 Å². The Hall–Kier alpha value is -1.67. The van der Waals surface area contributed by atoms with E-state index in [-0.39, 0.29) is 11.5 Å². The molecule has 114 valence electrons. The molecule has 0 amide bonds. The fraction of sp³-hybridized carbons (Fsp3) is 0.615. The first-order valence-electron chi connectivity index (χ1n) is 6.78. The lowest BCUT2D eigenvalue weighted by molar-refractivity contribution is -0.384. The summed E-state index contributed by atoms with van der Waals surface area (Å²) < 4.78 is 11.9. The molecule has 1 aliphatic rings. The lowest BCUT2D eigenvalue weighted by Gasteiger charge is -2.32. The summed E-state index contributed by atoms with van der Waals surface area (Å²) in [5.74, 6) is 0.234. The highest BCUT2D eigenvalue weighted by molar-refractivity contribution is 6.62. The van der Waals surface area contributed by atoms with Gasteiger partial charge in [0.1, 0.15) is 0 Å². The molecule has 0 radical (unpaired) electrons. The molecule has 2 heterocycles. The SMILES string of the molecule is CNc1ncc(B2OC(C)(C)C(C)(C)O2)c(C)c1[N+](=O)[O-]. The molecular weight excluding hydrogens is 273 g/mol. The maximum atomic E-state index is 11.3. The number of nitro groups is 1. The van der Waals surface area contributed by atoms with Gasteiger partial charge in [-0.25, -0.2) is 4.98 Å². The number of anilines is 1. The lowest BCUT2D eigenvalue weighted by atomic mass is 9.77. The standard InChI is InChI=1S/C13H20BN3O4/c1-8-9(7-16-11(15-6)10(8)17(18)19)14-20-12(2,3)13(4,5)21-14/h7H,1-6H3,(H,15,16). The minimum absolute atomic E-state index is 0.0512. The molecule has 1 aromatic rings. The molecule has 1 saturated heterocycles. The summed E-state index contributed by atoms with van der Waals surface area (Å²) in [6, 6.07) is 0. The predicted octanol–water partition coefficient (Wildman–Crippen LogP) is 1.64. The van der Waals surface area contributed by atoms with Crippen molar-refractivity contribution in [2.45, 2.75) is 45.8 Å². The van der Waals surface area contributed by atoms with Crippen molar-refractivity contribution in [2.24, 2.45) is 0 Å². The Morgan fingerprint density at radius 2 is 1.81 bits per heavy atom. The van der Waals surface area contributed by atoms with Gasteiger partial charge >= 0.3 is 12.8 Å². The molecule has 0 unspecified atom stereocenters. The molecule has 0 bridgehead atoms. The zero-order valence-corrected chi connectivity index (χ0v) is 13.2. The smallest absolute Gasteiger partial charge is 0.399 e. The Labute approximate surface area is 124 Å². The molecule has 2 rings (SSSR count). The first-order chi connectivity index (χ1) is 9.60. The molecule has 21 heavy (non-hydrogen) atoms. The average Bonchev–Trinajstić information content (AvgIpc) is 2.57. The highest BCUT2D eigenvalue weighted by atomic mass is 16.7. The number of aromatic nitrogens is 1. The van der Waals surface area contributed by atoms with Crippen LogP contribution in [0, 0.1) is 17.0 Å². The molecule has 1 fully saturated rings. The topological polar surface area (TPSA) is 86.5 Å². The van der Waals surface area contributed by atoms with Crippen molar-refractivity contribution in [1.82, 2.24) is 4.98 Å². The number of nitrogens with zero attached hydrogens (tertiary/aromatic N) is 2. The van der Waals surface area contributed by atoms with Crippen LogP contribution in [0.3, 0.4) is 0 Å². The zero-order valence-electron chi connectivity index (χ0n) is 13.2. The quantitative estimate of drug-likeness (QED) is 0.518. The van der Waals surface area contributed by atoms with E-state index < -0.39 is 23.2 Å². The first kappa shape index (κ1) is 15.7. The van der Waals surface area contributed by atoms with E-state index in [1.807, 2.05) is 27.7 Å². The van der Waals surface area contributed by atoms with Crippen LogP contribution in [0.4, 0.5) is 11.5 Å². The molecule has 0 aliphatic carbocycles. The monoisotopic (exact) mass is 293 g/mol. The van der Waals surface area contributed by atoms with E-state index in [4.69, 9.17) is 9.31 Å². The first-order valence-corrected chi connectivity index (χ1v) is 6.78. The third-order valence-electron chi connectivity index (χ3n) is 4.27. The maximum Gasteiger partial charge on any atom is 0.496 e. The van der Waals surface area contributed by atoms with Gasteiger partial charge in [-0.1, -0.05) is 0 Å². The number of pyridine rings is 1. The van der Waals surface area contributed by atoms with Gasteiger partial charge in [-0.15, -0.1) is 0 Å². The third-order valence-corrected chi connectivity index (χ3v) is 4.27. The molecule has 1 N–H and O–H groups in total. The fourth-order valence-corrected chi connectivity index (χ4v) is 2.22. The Kier molecular flexibility index (Phi) is 3.71. The summed E-state index contributed by atoms with van der Waals surface area (Å²) in [6.45, 7) is 9.43. The van der Waals surface area contributed by atoms with Gasteiger partial charge in [-0.3, -0.25) is 10.1 Å². The Balaban J connectivity index is 2.48. The Bertz CT molecular complexity index is 573. The third kappa shape index (κ3) is 2.49. The van der Waals surface area contributed by atoms with Gasteiger partial charge in [0.25, 0.3) is 0 Å². The van der Waals surface area contributed by atoms with Crippen LogP contribution in [0.5, 0.6) is 0 Å². The van der Waals surface area contributed by atoms with Gasteiger partial charge in [0.15, 0.2) is 0 Å². The molecule has 0 atom stereocenters. The van der Waals surface area contributed by atoms with Crippen molar-refractivity contribution in [3.05, 3.63) is 21.9 Å². The largest absolute Gasteiger partial charge is 0.496 e. The van der Waals surface area contributed by atoms with Crippen molar-refractivity contribution in [1.29, 1.82) is 0 Å². The van der Waals surface area contributed by atoms with Crippen LogP contribution < -0.4 is 10.8 Å². The van der Waals surface area contributed by atoms with E-state index in [1.165, 1.54) is 0 Å². The molecule has 0 saturated carbocycles. The second-order valence-corrected chi connectivity index (χ2v) is 6.13. The minimum atomic E-state index is -0.660. The summed E-state index contributed by atoms with van der Waals surface area (Å²) in [6.07, 6.45) is 1.57. The highest BCUT2D eigenvalue weighted by Crippen LogP contribution is 2.37. The molecule has 0 aromatic carbocycles. The lowest BCUT2D eigenvalue weighted by Crippen LogP contribution is -2.41. The van der Waals surface area contributed by atoms with E-state index in [1.54, 1.807) is 20.2 Å². The second kappa shape index (κ2) is 4.96. The average molecular weight is 293 g/mol. The number of hydrogen-bond acceptors (Lipinski definition) is 6. The van der Waals surface area contributed by atoms with Crippen LogP contribution >= 0.6 is 0 Å². The molecular formula is C13H20BN3O4. The number of nitrogens with one attached hydrogen (secondary N) is 1. The summed E-state index contributed by atoms with van der Waals surface area (Å²) in [5, 5.41) is 14.0. The van der Waals surface area contributed by atoms with Crippen LogP contribution in [-0.4, -0.2) is 35.3 Å². The molecule has 7 nitrogen and oxygen atoms in total. The Morgan fingerprint density at radius 3 is 2.24 bits per heavy atom.